The number of ether oxygens (including phenoxy) is 2. The average Bonchev–Trinajstić information content (AvgIpc) is 3.23. The Morgan fingerprint density at radius 1 is 1.08 bits per heavy atom. The van der Waals surface area contributed by atoms with E-state index < -0.39 is 0 Å². The summed E-state index contributed by atoms with van der Waals surface area (Å²) in [6.07, 6.45) is 4.69. The molecule has 0 N–H and O–H groups in total. The first-order valence-electron chi connectivity index (χ1n) is 9.12. The zero-order chi connectivity index (χ0) is 16.5. The Hall–Kier alpha value is -1.75. The molecule has 2 saturated heterocycles. The van der Waals surface area contributed by atoms with Gasteiger partial charge < -0.3 is 14.4 Å². The predicted molar refractivity (Wildman–Crippen MR) is 91.3 cm³/mol. The molecule has 2 atom stereocenters. The summed E-state index contributed by atoms with van der Waals surface area (Å²) in [6, 6.07) is 7.15. The third-order valence-electron chi connectivity index (χ3n) is 5.55. The van der Waals surface area contributed by atoms with Crippen LogP contribution in [0.25, 0.3) is 0 Å². The molecule has 3 aliphatic heterocycles. The van der Waals surface area contributed by atoms with Crippen molar-refractivity contribution in [2.75, 3.05) is 26.3 Å². The van der Waals surface area contributed by atoms with Gasteiger partial charge in [0.2, 0.25) is 5.91 Å². The molecule has 5 nitrogen and oxygen atoms in total. The van der Waals surface area contributed by atoms with Crippen molar-refractivity contribution in [1.29, 1.82) is 0 Å². The van der Waals surface area contributed by atoms with E-state index >= 15 is 0 Å². The molecule has 0 spiro atoms. The zero-order valence-corrected chi connectivity index (χ0v) is 14.4. The number of fused-ring (bicyclic) bond motifs is 1. The molecule has 0 radical (unpaired) electrons. The van der Waals surface area contributed by atoms with Gasteiger partial charge in [0.05, 0.1) is 0 Å². The molecule has 5 heteroatoms. The van der Waals surface area contributed by atoms with E-state index in [0.717, 1.165) is 44.0 Å². The second-order valence-electron chi connectivity index (χ2n) is 7.08. The van der Waals surface area contributed by atoms with Gasteiger partial charge in [-0.2, -0.15) is 0 Å². The molecular weight excluding hydrogens is 304 g/mol. The Morgan fingerprint density at radius 2 is 1.83 bits per heavy atom. The molecule has 2 fully saturated rings. The molecule has 3 aliphatic rings. The quantitative estimate of drug-likeness (QED) is 0.854. The average molecular weight is 330 g/mol. The molecule has 0 aliphatic carbocycles. The Morgan fingerprint density at radius 3 is 2.67 bits per heavy atom. The van der Waals surface area contributed by atoms with Crippen molar-refractivity contribution in [3.63, 3.8) is 0 Å². The third kappa shape index (κ3) is 2.97. The summed E-state index contributed by atoms with van der Waals surface area (Å²) in [5, 5.41) is 0. The van der Waals surface area contributed by atoms with E-state index in [1.165, 1.54) is 18.4 Å². The molecule has 130 valence electrons. The molecule has 1 aromatic rings. The molecule has 4 rings (SSSR count). The van der Waals surface area contributed by atoms with Gasteiger partial charge in [0, 0.05) is 32.1 Å². The van der Waals surface area contributed by atoms with Crippen molar-refractivity contribution < 1.29 is 14.3 Å². The molecule has 3 heterocycles. The number of hydrogen-bond acceptors (Lipinski definition) is 4. The maximum Gasteiger partial charge on any atom is 0.219 e. The number of amides is 1. The van der Waals surface area contributed by atoms with E-state index in [2.05, 4.69) is 21.9 Å². The highest BCUT2D eigenvalue weighted by Gasteiger charge is 2.38. The van der Waals surface area contributed by atoms with Crippen LogP contribution in [0.15, 0.2) is 18.2 Å². The fourth-order valence-electron chi connectivity index (χ4n) is 4.49. The van der Waals surface area contributed by atoms with Gasteiger partial charge in [-0.3, -0.25) is 9.69 Å². The number of nitrogens with zero attached hydrogens (tertiary/aromatic N) is 2. The second-order valence-corrected chi connectivity index (χ2v) is 7.08. The van der Waals surface area contributed by atoms with Crippen LogP contribution in [0.5, 0.6) is 11.5 Å². The largest absolute Gasteiger partial charge is 0.486 e. The van der Waals surface area contributed by atoms with E-state index in [1.54, 1.807) is 6.92 Å². The van der Waals surface area contributed by atoms with Gasteiger partial charge in [-0.05, 0) is 49.9 Å². The first-order chi connectivity index (χ1) is 11.7. The number of hydrogen-bond donors (Lipinski definition) is 0. The number of carbonyl (C=O) groups is 1. The van der Waals surface area contributed by atoms with Gasteiger partial charge in [0.25, 0.3) is 0 Å². The number of likely N-dealkylation sites (tertiary alicyclic amines) is 2. The van der Waals surface area contributed by atoms with Crippen molar-refractivity contribution in [2.45, 2.75) is 51.2 Å². The first kappa shape index (κ1) is 15.8. The van der Waals surface area contributed by atoms with Crippen LogP contribution < -0.4 is 9.47 Å². The molecule has 0 aromatic heterocycles. The number of rotatable bonds is 3. The number of benzene rings is 1. The standard InChI is InChI=1S/C19H26N2O3/c1-14(22)21-9-3-5-17(21)16-4-2-8-20(16)13-15-6-7-18-19(12-15)24-11-10-23-18/h6-7,12,16-17H,2-5,8-11,13H2,1H3/t16-,17-/m1/s1. The van der Waals surface area contributed by atoms with Gasteiger partial charge in [0.15, 0.2) is 11.5 Å². The smallest absolute Gasteiger partial charge is 0.219 e. The topological polar surface area (TPSA) is 42.0 Å². The number of carbonyl (C=O) groups excluding carboxylic acids is 1. The summed E-state index contributed by atoms with van der Waals surface area (Å²) >= 11 is 0. The molecule has 0 bridgehead atoms. The van der Waals surface area contributed by atoms with E-state index in [-0.39, 0.29) is 5.91 Å². The Kier molecular flexibility index (Phi) is 4.35. The highest BCUT2D eigenvalue weighted by molar-refractivity contribution is 5.74. The summed E-state index contributed by atoms with van der Waals surface area (Å²) in [5.74, 6) is 1.94. The van der Waals surface area contributed by atoms with Crippen LogP contribution in [0.3, 0.4) is 0 Å². The maximum atomic E-state index is 11.9. The van der Waals surface area contributed by atoms with Crippen LogP contribution >= 0.6 is 0 Å². The second kappa shape index (κ2) is 6.63. The Bertz CT molecular complexity index is 619. The van der Waals surface area contributed by atoms with Gasteiger partial charge in [0.1, 0.15) is 13.2 Å². The summed E-state index contributed by atoms with van der Waals surface area (Å²) in [4.78, 5) is 16.6. The molecule has 24 heavy (non-hydrogen) atoms. The molecule has 0 saturated carbocycles. The minimum absolute atomic E-state index is 0.226. The minimum atomic E-state index is 0.226. The van der Waals surface area contributed by atoms with Gasteiger partial charge in [-0.1, -0.05) is 6.07 Å². The summed E-state index contributed by atoms with van der Waals surface area (Å²) in [5.41, 5.74) is 1.26. The lowest BCUT2D eigenvalue weighted by molar-refractivity contribution is -0.130. The molecule has 0 unspecified atom stereocenters. The zero-order valence-electron chi connectivity index (χ0n) is 14.4. The van der Waals surface area contributed by atoms with Crippen molar-refractivity contribution in [3.05, 3.63) is 23.8 Å². The van der Waals surface area contributed by atoms with Crippen molar-refractivity contribution in [2.24, 2.45) is 0 Å². The third-order valence-corrected chi connectivity index (χ3v) is 5.55. The summed E-state index contributed by atoms with van der Waals surface area (Å²) in [6.45, 7) is 5.92. The van der Waals surface area contributed by atoms with Gasteiger partial charge >= 0.3 is 0 Å². The highest BCUT2D eigenvalue weighted by atomic mass is 16.6. The summed E-state index contributed by atoms with van der Waals surface area (Å²) < 4.78 is 11.3. The van der Waals surface area contributed by atoms with E-state index in [9.17, 15) is 4.79 Å². The van der Waals surface area contributed by atoms with Crippen molar-refractivity contribution in [3.8, 4) is 11.5 Å². The van der Waals surface area contributed by atoms with E-state index in [0.29, 0.717) is 25.3 Å². The SMILES string of the molecule is CC(=O)N1CCC[C@@H]1[C@H]1CCCN1Cc1ccc2c(c1)OCCO2. The van der Waals surface area contributed by atoms with Crippen LogP contribution in [-0.4, -0.2) is 54.1 Å². The fraction of sp³-hybridized carbons (Fsp3) is 0.632. The lowest BCUT2D eigenvalue weighted by Crippen LogP contribution is -2.47. The van der Waals surface area contributed by atoms with Crippen LogP contribution in [0.1, 0.15) is 38.2 Å². The Labute approximate surface area is 143 Å². The first-order valence-corrected chi connectivity index (χ1v) is 9.12. The predicted octanol–water partition coefficient (Wildman–Crippen LogP) is 2.43. The maximum absolute atomic E-state index is 11.9. The van der Waals surface area contributed by atoms with E-state index in [1.807, 2.05) is 6.07 Å². The lowest BCUT2D eigenvalue weighted by atomic mass is 10.0. The molecule has 1 amide bonds. The molecule has 1 aromatic carbocycles. The lowest BCUT2D eigenvalue weighted by Gasteiger charge is -2.34. The van der Waals surface area contributed by atoms with Crippen LogP contribution in [0.4, 0.5) is 0 Å². The summed E-state index contributed by atoms with van der Waals surface area (Å²) in [7, 11) is 0. The normalized spacial score (nSPS) is 26.8. The van der Waals surface area contributed by atoms with Gasteiger partial charge in [-0.25, -0.2) is 0 Å². The molecular formula is C19H26N2O3. The van der Waals surface area contributed by atoms with Gasteiger partial charge in [-0.15, -0.1) is 0 Å². The minimum Gasteiger partial charge on any atom is -0.486 e. The fourth-order valence-corrected chi connectivity index (χ4v) is 4.49. The van der Waals surface area contributed by atoms with Crippen molar-refractivity contribution in [1.82, 2.24) is 9.80 Å². The monoisotopic (exact) mass is 330 g/mol. The highest BCUT2D eigenvalue weighted by Crippen LogP contribution is 2.34. The van der Waals surface area contributed by atoms with Crippen LogP contribution in [0.2, 0.25) is 0 Å². The van der Waals surface area contributed by atoms with Crippen molar-refractivity contribution >= 4 is 5.91 Å². The van der Waals surface area contributed by atoms with E-state index in [4.69, 9.17) is 9.47 Å². The van der Waals surface area contributed by atoms with Crippen LogP contribution in [-0.2, 0) is 11.3 Å². The Balaban J connectivity index is 1.48. The van der Waals surface area contributed by atoms with Crippen LogP contribution in [0, 0.1) is 0 Å².